The molecule has 0 aromatic heterocycles. The lowest BCUT2D eigenvalue weighted by molar-refractivity contribution is -0.131. The highest BCUT2D eigenvalue weighted by Gasteiger charge is 1.66. The Morgan fingerprint density at radius 2 is 1.89 bits per heavy atom. The molecule has 0 bridgehead atoms. The maximum absolute atomic E-state index is 8.89. The lowest BCUT2D eigenvalue weighted by Crippen LogP contribution is -1.79. The third-order valence-corrected chi connectivity index (χ3v) is 0.191. The van der Waals surface area contributed by atoms with Crippen LogP contribution < -0.4 is 0 Å². The van der Waals surface area contributed by atoms with Crippen molar-refractivity contribution < 1.29 is 9.90 Å². The van der Waals surface area contributed by atoms with E-state index in [0.29, 0.717) is 5.57 Å². The summed E-state index contributed by atoms with van der Waals surface area (Å²) in [6, 6.07) is 1.83. The first-order valence-electron chi connectivity index (χ1n) is 2.11. The zero-order chi connectivity index (χ0) is 7.86. The van der Waals surface area contributed by atoms with Gasteiger partial charge in [0.25, 0.3) is 0 Å². The Morgan fingerprint density at radius 3 is 1.89 bits per heavy atom. The van der Waals surface area contributed by atoms with Gasteiger partial charge in [-0.2, -0.15) is 5.26 Å². The van der Waals surface area contributed by atoms with Gasteiger partial charge in [-0.3, -0.25) is 4.79 Å². The smallest absolute Gasteiger partial charge is 0.303 e. The first kappa shape index (κ1) is 10.6. The van der Waals surface area contributed by atoms with Gasteiger partial charge >= 0.3 is 5.97 Å². The maximum atomic E-state index is 8.89. The molecule has 0 fully saturated rings. The second kappa shape index (κ2) is 6.70. The van der Waals surface area contributed by atoms with Crippen LogP contribution in [0.2, 0.25) is 0 Å². The van der Waals surface area contributed by atoms with Crippen LogP contribution in [0.3, 0.4) is 0 Å². The second-order valence-electron chi connectivity index (χ2n) is 1.29. The van der Waals surface area contributed by atoms with Gasteiger partial charge in [0.1, 0.15) is 0 Å². The van der Waals surface area contributed by atoms with Gasteiger partial charge in [0.15, 0.2) is 0 Å². The van der Waals surface area contributed by atoms with Gasteiger partial charge in [-0.05, 0) is 6.92 Å². The summed E-state index contributed by atoms with van der Waals surface area (Å²) in [4.78, 5) is 8.89. The first-order valence-corrected chi connectivity index (χ1v) is 2.11. The fourth-order valence-corrected chi connectivity index (χ4v) is 0. The second-order valence-corrected chi connectivity index (χ2v) is 1.29. The summed E-state index contributed by atoms with van der Waals surface area (Å²) in [7, 11) is 0. The summed E-state index contributed by atoms with van der Waals surface area (Å²) >= 11 is 0. The molecule has 0 aromatic carbocycles. The van der Waals surface area contributed by atoms with Gasteiger partial charge in [0, 0.05) is 5.57 Å². The number of allylic oxidation sites excluding steroid dienone is 1. The normalized spacial score (nSPS) is 5.89. The molecule has 49 valence electrons. The SMILES string of the molecule is C=C(C)C#N.[CH2]C(=O)O. The summed E-state index contributed by atoms with van der Waals surface area (Å²) < 4.78 is 0. The number of hydrogen-bond donors (Lipinski definition) is 1. The molecule has 0 atom stereocenters. The molecule has 0 saturated carbocycles. The minimum Gasteiger partial charge on any atom is -0.481 e. The number of rotatable bonds is 0. The molecular weight excluding hydrogens is 118 g/mol. The lowest BCUT2D eigenvalue weighted by atomic mass is 10.4. The molecule has 0 saturated heterocycles. The standard InChI is InChI=1S/C4H5N.C2H3O2/c1-4(2)3-5;1-2(3)4/h1H2,2H3;1H2,(H,3,4). The van der Waals surface area contributed by atoms with Gasteiger partial charge in [-0.25, -0.2) is 0 Å². The highest BCUT2D eigenvalue weighted by atomic mass is 16.4. The highest BCUT2D eigenvalue weighted by molar-refractivity contribution is 5.71. The van der Waals surface area contributed by atoms with Crippen molar-refractivity contribution in [1.29, 1.82) is 5.26 Å². The largest absolute Gasteiger partial charge is 0.481 e. The average molecular weight is 126 g/mol. The predicted octanol–water partition coefficient (Wildman–Crippen LogP) is 0.991. The summed E-state index contributed by atoms with van der Waals surface area (Å²) in [6.07, 6.45) is 0. The summed E-state index contributed by atoms with van der Waals surface area (Å²) in [6.45, 7) is 7.53. The van der Waals surface area contributed by atoms with Crippen LogP contribution in [0.15, 0.2) is 12.2 Å². The molecule has 0 rings (SSSR count). The molecule has 0 aliphatic carbocycles. The molecule has 3 heteroatoms. The number of carboxylic acids is 1. The van der Waals surface area contributed by atoms with E-state index >= 15 is 0 Å². The molecule has 0 aliphatic rings. The van der Waals surface area contributed by atoms with Crippen molar-refractivity contribution in [1.82, 2.24) is 0 Å². The highest BCUT2D eigenvalue weighted by Crippen LogP contribution is 1.74. The minimum absolute atomic E-state index is 0.560. The molecule has 0 unspecified atom stereocenters. The van der Waals surface area contributed by atoms with Crippen molar-refractivity contribution in [3.05, 3.63) is 19.1 Å². The lowest BCUT2D eigenvalue weighted by Gasteiger charge is -1.61. The zero-order valence-corrected chi connectivity index (χ0v) is 5.22. The van der Waals surface area contributed by atoms with Crippen LogP contribution in [0.1, 0.15) is 6.92 Å². The van der Waals surface area contributed by atoms with Crippen LogP contribution in [-0.2, 0) is 4.79 Å². The number of nitrogens with zero attached hydrogens (tertiary/aromatic N) is 1. The summed E-state index contributed by atoms with van der Waals surface area (Å²) in [5, 5.41) is 15.1. The van der Waals surface area contributed by atoms with E-state index in [1.165, 1.54) is 0 Å². The first-order chi connectivity index (χ1) is 4.00. The van der Waals surface area contributed by atoms with Crippen LogP contribution in [0.4, 0.5) is 0 Å². The van der Waals surface area contributed by atoms with Gasteiger partial charge in [0.05, 0.1) is 13.0 Å². The number of carbonyl (C=O) groups is 1. The molecule has 0 heterocycles. The molecule has 1 N–H and O–H groups in total. The Balaban J connectivity index is 0. The van der Waals surface area contributed by atoms with E-state index in [2.05, 4.69) is 13.5 Å². The molecule has 0 amide bonds. The quantitative estimate of drug-likeness (QED) is 0.492. The van der Waals surface area contributed by atoms with Gasteiger partial charge in [-0.1, -0.05) is 6.58 Å². The van der Waals surface area contributed by atoms with Crippen LogP contribution in [0.25, 0.3) is 0 Å². The monoisotopic (exact) mass is 126 g/mol. The van der Waals surface area contributed by atoms with E-state index in [9.17, 15) is 0 Å². The van der Waals surface area contributed by atoms with Crippen molar-refractivity contribution in [2.24, 2.45) is 0 Å². The van der Waals surface area contributed by atoms with Gasteiger partial charge in [0.2, 0.25) is 0 Å². The van der Waals surface area contributed by atoms with E-state index in [0.717, 1.165) is 0 Å². The fourth-order valence-electron chi connectivity index (χ4n) is 0. The van der Waals surface area contributed by atoms with Crippen LogP contribution in [-0.4, -0.2) is 11.1 Å². The Labute approximate surface area is 54.2 Å². The minimum atomic E-state index is -1.08. The fraction of sp³-hybridized carbons (Fsp3) is 0.167. The van der Waals surface area contributed by atoms with Crippen molar-refractivity contribution in [3.63, 3.8) is 0 Å². The van der Waals surface area contributed by atoms with Crippen LogP contribution >= 0.6 is 0 Å². The molecule has 0 aliphatic heterocycles. The topological polar surface area (TPSA) is 61.1 Å². The van der Waals surface area contributed by atoms with E-state index in [4.69, 9.17) is 15.2 Å². The molecule has 1 radical (unpaired) electrons. The van der Waals surface area contributed by atoms with Gasteiger partial charge < -0.3 is 5.11 Å². The third-order valence-electron chi connectivity index (χ3n) is 0.191. The Kier molecular flexibility index (Phi) is 7.92. The van der Waals surface area contributed by atoms with Crippen molar-refractivity contribution >= 4 is 5.97 Å². The zero-order valence-electron chi connectivity index (χ0n) is 5.22. The van der Waals surface area contributed by atoms with Crippen LogP contribution in [0.5, 0.6) is 0 Å². The van der Waals surface area contributed by atoms with Gasteiger partial charge in [-0.15, -0.1) is 0 Å². The number of aliphatic carboxylic acids is 1. The molecule has 0 aromatic rings. The van der Waals surface area contributed by atoms with E-state index in [1.807, 2.05) is 6.07 Å². The van der Waals surface area contributed by atoms with Crippen molar-refractivity contribution in [2.75, 3.05) is 0 Å². The third kappa shape index (κ3) is 302. The van der Waals surface area contributed by atoms with Crippen molar-refractivity contribution in [3.8, 4) is 6.07 Å². The maximum Gasteiger partial charge on any atom is 0.303 e. The summed E-state index contributed by atoms with van der Waals surface area (Å²) in [5.41, 5.74) is 0.560. The van der Waals surface area contributed by atoms with E-state index < -0.39 is 5.97 Å². The van der Waals surface area contributed by atoms with Crippen molar-refractivity contribution in [2.45, 2.75) is 6.92 Å². The number of hydrogen-bond acceptors (Lipinski definition) is 2. The molecule has 3 nitrogen and oxygen atoms in total. The number of carboxylic acid groups (broad SMARTS) is 1. The Morgan fingerprint density at radius 1 is 1.78 bits per heavy atom. The van der Waals surface area contributed by atoms with E-state index in [-0.39, 0.29) is 0 Å². The Bertz CT molecular complexity index is 140. The molecular formula is C6H8NO2. The average Bonchev–Trinajstić information content (AvgIpc) is 1.65. The Hall–Kier alpha value is -1.30. The number of nitriles is 1. The molecule has 0 spiro atoms. The summed E-state index contributed by atoms with van der Waals surface area (Å²) in [5.74, 6) is -1.08. The van der Waals surface area contributed by atoms with Crippen LogP contribution in [0, 0.1) is 18.3 Å². The predicted molar refractivity (Wildman–Crippen MR) is 33.4 cm³/mol. The molecule has 9 heavy (non-hydrogen) atoms. The van der Waals surface area contributed by atoms with E-state index in [1.54, 1.807) is 6.92 Å².